The monoisotopic (exact) mass is 387 g/mol. The summed E-state index contributed by atoms with van der Waals surface area (Å²) in [5.74, 6) is 0.233. The minimum absolute atomic E-state index is 0. The van der Waals surface area contributed by atoms with Crippen LogP contribution in [0.5, 0.6) is 0 Å². The second kappa shape index (κ2) is 9.77. The second-order valence-corrected chi connectivity index (χ2v) is 7.29. The van der Waals surface area contributed by atoms with Crippen LogP contribution in [0.1, 0.15) is 50.1 Å². The van der Waals surface area contributed by atoms with Gasteiger partial charge in [0.2, 0.25) is 5.91 Å². The van der Waals surface area contributed by atoms with E-state index in [1.807, 2.05) is 30.3 Å². The molecule has 1 aromatic carbocycles. The summed E-state index contributed by atoms with van der Waals surface area (Å²) >= 11 is 0. The molecule has 0 bridgehead atoms. The fourth-order valence-electron chi connectivity index (χ4n) is 4.32. The van der Waals surface area contributed by atoms with Crippen LogP contribution in [0, 0.1) is 0 Å². The Morgan fingerprint density at radius 1 is 1.12 bits per heavy atom. The number of rotatable bonds is 3. The molecule has 4 nitrogen and oxygen atoms in total. The van der Waals surface area contributed by atoms with Gasteiger partial charge in [0, 0.05) is 32.1 Å². The van der Waals surface area contributed by atoms with E-state index in [2.05, 4.69) is 16.8 Å². The largest absolute Gasteiger partial charge is 0.334 e. The van der Waals surface area contributed by atoms with E-state index in [0.717, 1.165) is 38.0 Å². The van der Waals surface area contributed by atoms with Crippen molar-refractivity contribution in [3.8, 4) is 0 Å². The SMILES string of the molecule is CN1CCN(C(=O)CC(N)c2ccccc2)C2(CCCCC2)C1.Cl.Cl. The zero-order valence-corrected chi connectivity index (χ0v) is 16.7. The summed E-state index contributed by atoms with van der Waals surface area (Å²) in [5, 5.41) is 0. The van der Waals surface area contributed by atoms with Gasteiger partial charge in [0.05, 0.1) is 5.54 Å². The van der Waals surface area contributed by atoms with Crippen LogP contribution in [-0.2, 0) is 4.79 Å². The highest BCUT2D eigenvalue weighted by molar-refractivity contribution is 5.85. The van der Waals surface area contributed by atoms with Gasteiger partial charge in [-0.05, 0) is 25.5 Å². The summed E-state index contributed by atoms with van der Waals surface area (Å²) in [6.07, 6.45) is 6.48. The molecule has 6 heteroatoms. The van der Waals surface area contributed by atoms with Crippen molar-refractivity contribution < 1.29 is 4.79 Å². The molecule has 142 valence electrons. The van der Waals surface area contributed by atoms with E-state index >= 15 is 0 Å². The van der Waals surface area contributed by atoms with Gasteiger partial charge in [-0.25, -0.2) is 0 Å². The third kappa shape index (κ3) is 5.10. The number of nitrogens with zero attached hydrogens (tertiary/aromatic N) is 2. The van der Waals surface area contributed by atoms with E-state index in [9.17, 15) is 4.79 Å². The zero-order chi connectivity index (χ0) is 16.3. The van der Waals surface area contributed by atoms with Crippen LogP contribution in [0.2, 0.25) is 0 Å². The number of hydrogen-bond acceptors (Lipinski definition) is 3. The van der Waals surface area contributed by atoms with Crippen molar-refractivity contribution in [2.24, 2.45) is 5.73 Å². The molecule has 0 aromatic heterocycles. The maximum atomic E-state index is 13.0. The van der Waals surface area contributed by atoms with Crippen molar-refractivity contribution in [1.29, 1.82) is 0 Å². The molecule has 1 amide bonds. The highest BCUT2D eigenvalue weighted by Crippen LogP contribution is 2.37. The Balaban J connectivity index is 0.00000156. The Labute approximate surface area is 163 Å². The van der Waals surface area contributed by atoms with E-state index in [0.29, 0.717) is 6.42 Å². The molecule has 2 aliphatic rings. The maximum Gasteiger partial charge on any atom is 0.225 e. The number of nitrogens with two attached hydrogens (primary N) is 1. The number of likely N-dealkylation sites (N-methyl/N-ethyl adjacent to an activating group) is 1. The molecule has 1 saturated heterocycles. The summed E-state index contributed by atoms with van der Waals surface area (Å²) in [7, 11) is 2.17. The van der Waals surface area contributed by atoms with Gasteiger partial charge in [-0.15, -0.1) is 24.8 Å². The summed E-state index contributed by atoms with van der Waals surface area (Å²) in [6, 6.07) is 9.77. The van der Waals surface area contributed by atoms with Crippen LogP contribution in [0.25, 0.3) is 0 Å². The molecule has 2 fully saturated rings. The van der Waals surface area contributed by atoms with Crippen LogP contribution >= 0.6 is 24.8 Å². The van der Waals surface area contributed by atoms with Gasteiger partial charge >= 0.3 is 0 Å². The summed E-state index contributed by atoms with van der Waals surface area (Å²) in [4.78, 5) is 17.5. The molecule has 3 rings (SSSR count). The first kappa shape index (κ1) is 22.2. The average molecular weight is 388 g/mol. The molecule has 1 atom stereocenters. The number of amides is 1. The summed E-state index contributed by atoms with van der Waals surface area (Å²) in [5.41, 5.74) is 7.39. The fraction of sp³-hybridized carbons (Fsp3) is 0.632. The molecule has 25 heavy (non-hydrogen) atoms. The lowest BCUT2D eigenvalue weighted by atomic mass is 9.78. The van der Waals surface area contributed by atoms with Gasteiger partial charge in [-0.2, -0.15) is 0 Å². The first-order valence-corrected chi connectivity index (χ1v) is 8.90. The quantitative estimate of drug-likeness (QED) is 0.864. The van der Waals surface area contributed by atoms with Crippen molar-refractivity contribution in [3.05, 3.63) is 35.9 Å². The van der Waals surface area contributed by atoms with Gasteiger partial charge in [0.15, 0.2) is 0 Å². The Morgan fingerprint density at radius 3 is 2.40 bits per heavy atom. The van der Waals surface area contributed by atoms with E-state index in [-0.39, 0.29) is 42.3 Å². The van der Waals surface area contributed by atoms with Gasteiger partial charge in [0.25, 0.3) is 0 Å². The third-order valence-electron chi connectivity index (χ3n) is 5.55. The van der Waals surface area contributed by atoms with Crippen molar-refractivity contribution in [3.63, 3.8) is 0 Å². The minimum Gasteiger partial charge on any atom is -0.334 e. The summed E-state index contributed by atoms with van der Waals surface area (Å²) < 4.78 is 0. The molecule has 1 aliphatic carbocycles. The molecular weight excluding hydrogens is 357 g/mol. The normalized spacial score (nSPS) is 21.1. The highest BCUT2D eigenvalue weighted by atomic mass is 35.5. The van der Waals surface area contributed by atoms with Gasteiger partial charge in [-0.1, -0.05) is 49.6 Å². The van der Waals surface area contributed by atoms with Gasteiger partial charge < -0.3 is 15.5 Å². The first-order valence-electron chi connectivity index (χ1n) is 8.90. The Hall–Kier alpha value is -0.810. The molecule has 1 unspecified atom stereocenters. The Morgan fingerprint density at radius 2 is 1.76 bits per heavy atom. The first-order chi connectivity index (χ1) is 11.1. The molecule has 1 spiro atoms. The highest BCUT2D eigenvalue weighted by Gasteiger charge is 2.43. The smallest absolute Gasteiger partial charge is 0.225 e. The van der Waals surface area contributed by atoms with Crippen LogP contribution < -0.4 is 5.73 Å². The topological polar surface area (TPSA) is 49.6 Å². The molecule has 1 aromatic rings. The number of halogens is 2. The van der Waals surface area contributed by atoms with Crippen molar-refractivity contribution in [2.45, 2.75) is 50.1 Å². The average Bonchev–Trinajstić information content (AvgIpc) is 2.56. The Kier molecular flexibility index (Phi) is 8.69. The van der Waals surface area contributed by atoms with Gasteiger partial charge in [-0.3, -0.25) is 4.79 Å². The van der Waals surface area contributed by atoms with E-state index < -0.39 is 0 Å². The predicted molar refractivity (Wildman–Crippen MR) is 108 cm³/mol. The lowest BCUT2D eigenvalue weighted by molar-refractivity contribution is -0.144. The molecule has 1 aliphatic heterocycles. The molecule has 1 saturated carbocycles. The number of carbonyl (C=O) groups excluding carboxylic acids is 1. The molecule has 2 N–H and O–H groups in total. The predicted octanol–water partition coefficient (Wildman–Crippen LogP) is 3.40. The molecular formula is C19H31Cl2N3O. The lowest BCUT2D eigenvalue weighted by Crippen LogP contribution is -2.64. The molecule has 1 heterocycles. The van der Waals surface area contributed by atoms with Crippen LogP contribution in [0.4, 0.5) is 0 Å². The van der Waals surface area contributed by atoms with Crippen molar-refractivity contribution in [2.75, 3.05) is 26.7 Å². The number of piperazine rings is 1. The third-order valence-corrected chi connectivity index (χ3v) is 5.55. The van der Waals surface area contributed by atoms with Crippen molar-refractivity contribution >= 4 is 30.7 Å². The van der Waals surface area contributed by atoms with Crippen molar-refractivity contribution in [1.82, 2.24) is 9.80 Å². The zero-order valence-electron chi connectivity index (χ0n) is 15.0. The van der Waals surface area contributed by atoms with E-state index in [4.69, 9.17) is 5.73 Å². The number of carbonyl (C=O) groups is 1. The lowest BCUT2D eigenvalue weighted by Gasteiger charge is -2.52. The number of hydrogen-bond donors (Lipinski definition) is 1. The second-order valence-electron chi connectivity index (χ2n) is 7.29. The minimum atomic E-state index is -0.205. The van der Waals surface area contributed by atoms with Crippen LogP contribution in [0.3, 0.4) is 0 Å². The van der Waals surface area contributed by atoms with Gasteiger partial charge in [0.1, 0.15) is 0 Å². The molecule has 0 radical (unpaired) electrons. The van der Waals surface area contributed by atoms with Crippen LogP contribution in [-0.4, -0.2) is 47.9 Å². The van der Waals surface area contributed by atoms with E-state index in [1.165, 1.54) is 19.3 Å². The Bertz CT molecular complexity index is 535. The van der Waals surface area contributed by atoms with Crippen LogP contribution in [0.15, 0.2) is 30.3 Å². The maximum absolute atomic E-state index is 13.0. The standard InChI is InChI=1S/C19H29N3O.2ClH/c1-21-12-13-22(19(15-21)10-6-3-7-11-19)18(23)14-17(20)16-8-4-2-5-9-16;;/h2,4-5,8-9,17H,3,6-7,10-15,20H2,1H3;2*1H. The summed E-state index contributed by atoms with van der Waals surface area (Å²) in [6.45, 7) is 2.82. The number of benzene rings is 1. The fourth-order valence-corrected chi connectivity index (χ4v) is 4.32. The van der Waals surface area contributed by atoms with E-state index in [1.54, 1.807) is 0 Å².